The van der Waals surface area contributed by atoms with Crippen molar-refractivity contribution in [2.75, 3.05) is 13.2 Å². The highest BCUT2D eigenvalue weighted by Crippen LogP contribution is 2.26. The van der Waals surface area contributed by atoms with Crippen LogP contribution in [0.4, 0.5) is 0 Å². The highest BCUT2D eigenvalue weighted by atomic mass is 16.5. The molecular formula is C23H22O7. The summed E-state index contributed by atoms with van der Waals surface area (Å²) in [5.74, 6) is 0.534. The summed E-state index contributed by atoms with van der Waals surface area (Å²) in [6.45, 7) is 4.32. The zero-order chi connectivity index (χ0) is 22.1. The normalized spacial score (nSPS) is 10.0. The Balaban J connectivity index is 1.93. The second kappa shape index (κ2) is 10.7. The van der Waals surface area contributed by atoms with Gasteiger partial charge in [-0.25, -0.2) is 14.4 Å². The molecule has 0 unspecified atom stereocenters. The summed E-state index contributed by atoms with van der Waals surface area (Å²) in [6, 6.07) is 8.94. The Kier molecular flexibility index (Phi) is 8.00. The van der Waals surface area contributed by atoms with E-state index in [4.69, 9.17) is 25.7 Å². The molecule has 1 N–H and O–H groups in total. The number of rotatable bonds is 9. The molecule has 0 saturated heterocycles. The molecule has 0 heterocycles. The molecule has 30 heavy (non-hydrogen) atoms. The lowest BCUT2D eigenvalue weighted by Gasteiger charge is -2.14. The number of carbonyl (C=O) groups is 3. The third-order valence-electron chi connectivity index (χ3n) is 4.14. The van der Waals surface area contributed by atoms with Crippen LogP contribution in [0.2, 0.25) is 0 Å². The number of terminal acetylenes is 1. The van der Waals surface area contributed by atoms with E-state index in [0.717, 1.165) is 11.1 Å². The topological polar surface area (TPSA) is 99.1 Å². The van der Waals surface area contributed by atoms with Crippen molar-refractivity contribution in [1.82, 2.24) is 0 Å². The van der Waals surface area contributed by atoms with E-state index in [0.29, 0.717) is 30.8 Å². The minimum Gasteiger partial charge on any atom is -0.493 e. The van der Waals surface area contributed by atoms with Gasteiger partial charge in [0.2, 0.25) is 0 Å². The monoisotopic (exact) mass is 410 g/mol. The predicted octanol–water partition coefficient (Wildman–Crippen LogP) is 3.56. The van der Waals surface area contributed by atoms with Crippen molar-refractivity contribution in [1.29, 1.82) is 0 Å². The van der Waals surface area contributed by atoms with Crippen LogP contribution in [0.3, 0.4) is 0 Å². The number of carbonyl (C=O) groups excluding carboxylic acids is 2. The molecule has 0 aliphatic carbocycles. The SMILES string of the molecule is C#CC(=O)OCCCCOc1c(C)cc(C(=O)Oc2ccc(C(=O)O)cc2)cc1C. The number of esters is 2. The van der Waals surface area contributed by atoms with E-state index < -0.39 is 17.9 Å². The molecule has 0 aromatic heterocycles. The standard InChI is InChI=1S/C23H22O7/c1-4-20(24)28-11-5-6-12-29-21-15(2)13-18(14-16(21)3)23(27)30-19-9-7-17(8-10-19)22(25)26/h1,7-10,13-14H,5-6,11-12H2,2-3H3,(H,25,26). The number of ether oxygens (including phenoxy) is 3. The Bertz CT molecular complexity index is 945. The maximum atomic E-state index is 12.4. The molecule has 0 aliphatic heterocycles. The molecule has 2 rings (SSSR count). The summed E-state index contributed by atoms with van der Waals surface area (Å²) < 4.78 is 15.9. The van der Waals surface area contributed by atoms with E-state index in [1.807, 2.05) is 19.8 Å². The Morgan fingerprint density at radius 1 is 0.967 bits per heavy atom. The average molecular weight is 410 g/mol. The Hall–Kier alpha value is -3.79. The lowest BCUT2D eigenvalue weighted by atomic mass is 10.1. The van der Waals surface area contributed by atoms with Gasteiger partial charge in [-0.15, -0.1) is 6.42 Å². The highest BCUT2D eigenvalue weighted by molar-refractivity contribution is 5.92. The molecule has 2 aromatic rings. The molecular weight excluding hydrogens is 388 g/mol. The van der Waals surface area contributed by atoms with Gasteiger partial charge in [0, 0.05) is 5.92 Å². The third-order valence-corrected chi connectivity index (χ3v) is 4.14. The first-order valence-electron chi connectivity index (χ1n) is 9.24. The fourth-order valence-electron chi connectivity index (χ4n) is 2.71. The fraction of sp³-hybridized carbons (Fsp3) is 0.261. The Labute approximate surface area is 174 Å². The summed E-state index contributed by atoms with van der Waals surface area (Å²) in [5.41, 5.74) is 2.03. The number of aromatic carboxylic acids is 1. The van der Waals surface area contributed by atoms with E-state index in [1.54, 1.807) is 12.1 Å². The second-order valence-electron chi connectivity index (χ2n) is 6.49. The number of hydrogen-bond donors (Lipinski definition) is 1. The fourth-order valence-corrected chi connectivity index (χ4v) is 2.71. The van der Waals surface area contributed by atoms with Gasteiger partial charge in [-0.3, -0.25) is 0 Å². The molecule has 0 fully saturated rings. The van der Waals surface area contributed by atoms with Crippen LogP contribution in [0.1, 0.15) is 44.7 Å². The Morgan fingerprint density at radius 3 is 2.13 bits per heavy atom. The van der Waals surface area contributed by atoms with Crippen molar-refractivity contribution in [3.05, 3.63) is 58.7 Å². The molecule has 156 valence electrons. The molecule has 0 bridgehead atoms. The lowest BCUT2D eigenvalue weighted by Crippen LogP contribution is -2.10. The van der Waals surface area contributed by atoms with E-state index >= 15 is 0 Å². The van der Waals surface area contributed by atoms with Crippen molar-refractivity contribution >= 4 is 17.9 Å². The van der Waals surface area contributed by atoms with Crippen LogP contribution in [-0.2, 0) is 9.53 Å². The molecule has 0 saturated carbocycles. The minimum atomic E-state index is -1.05. The largest absolute Gasteiger partial charge is 0.493 e. The van der Waals surface area contributed by atoms with Gasteiger partial charge >= 0.3 is 17.9 Å². The maximum Gasteiger partial charge on any atom is 0.384 e. The first-order valence-corrected chi connectivity index (χ1v) is 9.24. The Morgan fingerprint density at radius 2 is 1.57 bits per heavy atom. The highest BCUT2D eigenvalue weighted by Gasteiger charge is 2.14. The van der Waals surface area contributed by atoms with Crippen LogP contribution in [0.5, 0.6) is 11.5 Å². The molecule has 0 radical (unpaired) electrons. The molecule has 0 aliphatic rings. The zero-order valence-electron chi connectivity index (χ0n) is 16.8. The number of aryl methyl sites for hydroxylation is 2. The van der Waals surface area contributed by atoms with Crippen LogP contribution >= 0.6 is 0 Å². The lowest BCUT2D eigenvalue weighted by molar-refractivity contribution is -0.136. The first-order chi connectivity index (χ1) is 14.3. The van der Waals surface area contributed by atoms with Gasteiger partial charge in [0.25, 0.3) is 0 Å². The molecule has 0 spiro atoms. The minimum absolute atomic E-state index is 0.109. The van der Waals surface area contributed by atoms with Crippen LogP contribution in [-0.4, -0.2) is 36.2 Å². The molecule has 2 aromatic carbocycles. The number of benzene rings is 2. The van der Waals surface area contributed by atoms with Crippen LogP contribution in [0.15, 0.2) is 36.4 Å². The van der Waals surface area contributed by atoms with Gasteiger partial charge in [0.15, 0.2) is 0 Å². The average Bonchev–Trinajstić information content (AvgIpc) is 2.72. The first kappa shape index (κ1) is 22.5. The van der Waals surface area contributed by atoms with Gasteiger partial charge in [0.1, 0.15) is 11.5 Å². The smallest absolute Gasteiger partial charge is 0.384 e. The number of carboxylic acids is 1. The molecule has 7 nitrogen and oxygen atoms in total. The van der Waals surface area contributed by atoms with Crippen molar-refractivity contribution in [3.63, 3.8) is 0 Å². The van der Waals surface area contributed by atoms with E-state index in [2.05, 4.69) is 0 Å². The van der Waals surface area contributed by atoms with E-state index in [-0.39, 0.29) is 17.9 Å². The molecule has 0 amide bonds. The number of carboxylic acid groups (broad SMARTS) is 1. The second-order valence-corrected chi connectivity index (χ2v) is 6.49. The van der Waals surface area contributed by atoms with Crippen molar-refractivity contribution in [2.24, 2.45) is 0 Å². The number of unbranched alkanes of at least 4 members (excludes halogenated alkanes) is 1. The maximum absolute atomic E-state index is 12.4. The summed E-state index contributed by atoms with van der Waals surface area (Å²) >= 11 is 0. The summed E-state index contributed by atoms with van der Waals surface area (Å²) in [6.07, 6.45) is 6.21. The van der Waals surface area contributed by atoms with Crippen molar-refractivity contribution in [3.8, 4) is 23.8 Å². The molecule has 7 heteroatoms. The van der Waals surface area contributed by atoms with Gasteiger partial charge in [-0.1, -0.05) is 0 Å². The van der Waals surface area contributed by atoms with Crippen LogP contribution < -0.4 is 9.47 Å². The van der Waals surface area contributed by atoms with Crippen molar-refractivity contribution < 1.29 is 33.7 Å². The predicted molar refractivity (Wildman–Crippen MR) is 109 cm³/mol. The van der Waals surface area contributed by atoms with Gasteiger partial charge in [0.05, 0.1) is 24.3 Å². The van der Waals surface area contributed by atoms with E-state index in [9.17, 15) is 14.4 Å². The van der Waals surface area contributed by atoms with E-state index in [1.165, 1.54) is 24.3 Å². The molecule has 0 atom stereocenters. The van der Waals surface area contributed by atoms with Gasteiger partial charge < -0.3 is 19.3 Å². The quantitative estimate of drug-likeness (QED) is 0.222. The summed E-state index contributed by atoms with van der Waals surface area (Å²) in [5, 5.41) is 8.91. The summed E-state index contributed by atoms with van der Waals surface area (Å²) in [4.78, 5) is 34.2. The summed E-state index contributed by atoms with van der Waals surface area (Å²) in [7, 11) is 0. The van der Waals surface area contributed by atoms with Crippen molar-refractivity contribution in [2.45, 2.75) is 26.7 Å². The third kappa shape index (κ3) is 6.38. The van der Waals surface area contributed by atoms with Gasteiger partial charge in [-0.05, 0) is 74.2 Å². The zero-order valence-corrected chi connectivity index (χ0v) is 16.8. The van der Waals surface area contributed by atoms with Crippen LogP contribution in [0, 0.1) is 26.2 Å². The van der Waals surface area contributed by atoms with Crippen LogP contribution in [0.25, 0.3) is 0 Å². The van der Waals surface area contributed by atoms with Gasteiger partial charge in [-0.2, -0.15) is 0 Å². The number of hydrogen-bond acceptors (Lipinski definition) is 6.